The molecule has 3 aromatic carbocycles. The Hall–Kier alpha value is -3.40. The van der Waals surface area contributed by atoms with Crippen LogP contribution >= 0.6 is 22.7 Å². The van der Waals surface area contributed by atoms with Crippen LogP contribution in [0.5, 0.6) is 11.5 Å². The van der Waals surface area contributed by atoms with Crippen LogP contribution in [-0.4, -0.2) is 55.6 Å². The predicted octanol–water partition coefficient (Wildman–Crippen LogP) is 5.67. The lowest BCUT2D eigenvalue weighted by molar-refractivity contribution is 0.244. The summed E-state index contributed by atoms with van der Waals surface area (Å²) in [7, 11) is 3.40. The summed E-state index contributed by atoms with van der Waals surface area (Å²) >= 11 is 3.41. The standard InChI is InChI=1S/C27H27N5O2S2/c1-33-20-8-10-22-24(14-20)35-26(28-22)31-16-30(13-12-19-6-4-3-5-7-19)17-32(18-31)27-29-23-11-9-21(34-2)15-25(23)36-27/h3-11,14-15H,12-13,16-18H2,1-2H3. The van der Waals surface area contributed by atoms with Crippen LogP contribution in [-0.2, 0) is 6.42 Å². The monoisotopic (exact) mass is 517 g/mol. The lowest BCUT2D eigenvalue weighted by Gasteiger charge is -2.42. The number of rotatable bonds is 7. The summed E-state index contributed by atoms with van der Waals surface area (Å²) in [5.74, 6) is 1.71. The van der Waals surface area contributed by atoms with Crippen LogP contribution in [0.1, 0.15) is 5.56 Å². The smallest absolute Gasteiger partial charge is 0.188 e. The van der Waals surface area contributed by atoms with Crippen LogP contribution in [0, 0.1) is 0 Å². The minimum absolute atomic E-state index is 0.732. The van der Waals surface area contributed by atoms with E-state index in [4.69, 9.17) is 19.4 Å². The summed E-state index contributed by atoms with van der Waals surface area (Å²) in [5, 5.41) is 2.02. The topological polar surface area (TPSA) is 54.0 Å². The fraction of sp³-hybridized carbons (Fsp3) is 0.259. The van der Waals surface area contributed by atoms with E-state index in [9.17, 15) is 0 Å². The average Bonchev–Trinajstić information content (AvgIpc) is 3.56. The van der Waals surface area contributed by atoms with Crippen LogP contribution < -0.4 is 19.3 Å². The molecule has 0 aliphatic carbocycles. The van der Waals surface area contributed by atoms with E-state index < -0.39 is 0 Å². The van der Waals surface area contributed by atoms with Crippen LogP contribution in [0.25, 0.3) is 20.4 Å². The molecule has 1 saturated heterocycles. The van der Waals surface area contributed by atoms with E-state index >= 15 is 0 Å². The van der Waals surface area contributed by atoms with Crippen molar-refractivity contribution in [3.63, 3.8) is 0 Å². The third-order valence-electron chi connectivity index (χ3n) is 6.35. The predicted molar refractivity (Wildman–Crippen MR) is 149 cm³/mol. The number of hydrogen-bond acceptors (Lipinski definition) is 9. The molecule has 0 saturated carbocycles. The van der Waals surface area contributed by atoms with Gasteiger partial charge in [-0.1, -0.05) is 53.0 Å². The quantitative estimate of drug-likeness (QED) is 0.276. The zero-order valence-corrected chi connectivity index (χ0v) is 21.9. The summed E-state index contributed by atoms with van der Waals surface area (Å²) in [6, 6.07) is 22.8. The molecule has 0 radical (unpaired) electrons. The van der Waals surface area contributed by atoms with Gasteiger partial charge >= 0.3 is 0 Å². The van der Waals surface area contributed by atoms with Crippen LogP contribution in [0.4, 0.5) is 10.3 Å². The highest BCUT2D eigenvalue weighted by molar-refractivity contribution is 7.22. The third-order valence-corrected chi connectivity index (χ3v) is 8.51. The minimum Gasteiger partial charge on any atom is -0.497 e. The molecular formula is C27H27N5O2S2. The number of anilines is 2. The maximum absolute atomic E-state index is 5.42. The molecule has 0 N–H and O–H groups in total. The van der Waals surface area contributed by atoms with Crippen LogP contribution in [0.3, 0.4) is 0 Å². The zero-order valence-electron chi connectivity index (χ0n) is 20.3. The lowest BCUT2D eigenvalue weighted by atomic mass is 10.1. The first kappa shape index (κ1) is 23.0. The molecule has 0 spiro atoms. The summed E-state index contributed by atoms with van der Waals surface area (Å²) in [6.07, 6.45) is 0.997. The fourth-order valence-corrected chi connectivity index (χ4v) is 6.41. The highest BCUT2D eigenvalue weighted by Gasteiger charge is 2.27. The fourth-order valence-electron chi connectivity index (χ4n) is 4.45. The molecule has 5 aromatic rings. The SMILES string of the molecule is COc1ccc2nc(N3CN(CCc4ccccc4)CN(c4nc5ccc(OC)cc5s4)C3)sc2c1. The van der Waals surface area contributed by atoms with Crippen molar-refractivity contribution in [3.05, 3.63) is 72.3 Å². The Morgan fingerprint density at radius 2 is 1.28 bits per heavy atom. The Morgan fingerprint density at radius 3 is 1.81 bits per heavy atom. The van der Waals surface area contributed by atoms with Crippen molar-refractivity contribution >= 4 is 53.4 Å². The Morgan fingerprint density at radius 1 is 0.722 bits per heavy atom. The van der Waals surface area contributed by atoms with Crippen molar-refractivity contribution in [2.75, 3.05) is 50.6 Å². The molecule has 36 heavy (non-hydrogen) atoms. The molecule has 1 aliphatic heterocycles. The molecule has 1 fully saturated rings. The van der Waals surface area contributed by atoms with Gasteiger partial charge in [-0.25, -0.2) is 9.97 Å². The number of nitrogens with zero attached hydrogens (tertiary/aromatic N) is 5. The maximum atomic E-state index is 5.42. The van der Waals surface area contributed by atoms with Gasteiger partial charge in [-0.2, -0.15) is 0 Å². The number of hydrogen-bond donors (Lipinski definition) is 0. The van der Waals surface area contributed by atoms with E-state index in [1.165, 1.54) is 5.56 Å². The highest BCUT2D eigenvalue weighted by atomic mass is 32.1. The van der Waals surface area contributed by atoms with E-state index in [2.05, 4.69) is 57.2 Å². The first-order chi connectivity index (χ1) is 17.7. The minimum atomic E-state index is 0.732. The van der Waals surface area contributed by atoms with E-state index in [-0.39, 0.29) is 0 Å². The second kappa shape index (κ2) is 9.93. The normalized spacial score (nSPS) is 14.6. The largest absolute Gasteiger partial charge is 0.497 e. The van der Waals surface area contributed by atoms with E-state index in [1.807, 2.05) is 24.3 Å². The Labute approximate surface area is 218 Å². The van der Waals surface area contributed by atoms with Gasteiger partial charge in [0, 0.05) is 6.54 Å². The van der Waals surface area contributed by atoms with Gasteiger partial charge in [0.2, 0.25) is 0 Å². The molecule has 1 aliphatic rings. The Kier molecular flexibility index (Phi) is 6.35. The second-order valence-corrected chi connectivity index (χ2v) is 10.8. The first-order valence-electron chi connectivity index (χ1n) is 11.8. The molecule has 0 unspecified atom stereocenters. The molecule has 184 valence electrons. The van der Waals surface area contributed by atoms with Crippen molar-refractivity contribution in [1.82, 2.24) is 14.9 Å². The molecule has 6 rings (SSSR count). The van der Waals surface area contributed by atoms with E-state index in [0.717, 1.165) is 75.2 Å². The van der Waals surface area contributed by atoms with Crippen LogP contribution in [0.15, 0.2) is 66.7 Å². The summed E-state index contributed by atoms with van der Waals surface area (Å²) in [4.78, 5) is 17.1. The number of methoxy groups -OCH3 is 2. The van der Waals surface area contributed by atoms with Crippen molar-refractivity contribution < 1.29 is 9.47 Å². The number of fused-ring (bicyclic) bond motifs is 2. The zero-order chi connectivity index (χ0) is 24.5. The van der Waals surface area contributed by atoms with E-state index in [1.54, 1.807) is 36.9 Å². The van der Waals surface area contributed by atoms with Gasteiger partial charge < -0.3 is 19.3 Å². The molecule has 9 heteroatoms. The number of ether oxygens (including phenoxy) is 2. The van der Waals surface area contributed by atoms with Gasteiger partial charge in [0.05, 0.1) is 54.7 Å². The van der Waals surface area contributed by atoms with E-state index in [0.29, 0.717) is 0 Å². The van der Waals surface area contributed by atoms with Gasteiger partial charge in [0.1, 0.15) is 11.5 Å². The number of aromatic nitrogens is 2. The first-order valence-corrected chi connectivity index (χ1v) is 13.5. The van der Waals surface area contributed by atoms with Crippen LogP contribution in [0.2, 0.25) is 0 Å². The second-order valence-electron chi connectivity index (χ2n) is 8.79. The van der Waals surface area contributed by atoms with Crippen molar-refractivity contribution in [3.8, 4) is 11.5 Å². The molecule has 0 amide bonds. The molecule has 0 bridgehead atoms. The van der Waals surface area contributed by atoms with Gasteiger partial charge in [-0.3, -0.25) is 4.90 Å². The van der Waals surface area contributed by atoms with Crippen molar-refractivity contribution in [1.29, 1.82) is 0 Å². The van der Waals surface area contributed by atoms with Gasteiger partial charge in [0.25, 0.3) is 0 Å². The van der Waals surface area contributed by atoms with Gasteiger partial charge in [0.15, 0.2) is 10.3 Å². The molecule has 7 nitrogen and oxygen atoms in total. The third kappa shape index (κ3) is 4.69. The van der Waals surface area contributed by atoms with Crippen molar-refractivity contribution in [2.24, 2.45) is 0 Å². The molecule has 3 heterocycles. The van der Waals surface area contributed by atoms with Crippen molar-refractivity contribution in [2.45, 2.75) is 6.42 Å². The van der Waals surface area contributed by atoms with Gasteiger partial charge in [-0.15, -0.1) is 0 Å². The lowest BCUT2D eigenvalue weighted by Crippen LogP contribution is -2.55. The molecule has 0 atom stereocenters. The number of thiazole rings is 2. The van der Waals surface area contributed by atoms with Gasteiger partial charge in [-0.05, 0) is 48.4 Å². The number of benzene rings is 3. The summed E-state index contributed by atoms with van der Waals surface area (Å²) in [5.41, 5.74) is 3.34. The average molecular weight is 518 g/mol. The highest BCUT2D eigenvalue weighted by Crippen LogP contribution is 2.35. The molecular weight excluding hydrogens is 490 g/mol. The summed E-state index contributed by atoms with van der Waals surface area (Å²) in [6.45, 7) is 3.32. The Balaban J connectivity index is 1.30. The Bertz CT molecular complexity index is 1400. The summed E-state index contributed by atoms with van der Waals surface area (Å²) < 4.78 is 13.1. The maximum Gasteiger partial charge on any atom is 0.188 e. The molecule has 2 aromatic heterocycles.